The van der Waals surface area contributed by atoms with E-state index in [1.807, 2.05) is 0 Å². The zero-order chi connectivity index (χ0) is 106. The molecule has 0 amide bonds. The van der Waals surface area contributed by atoms with E-state index in [2.05, 4.69) is 53.6 Å². The Bertz CT molecular complexity index is 8740. The number of fused-ring (bicyclic) bond motifs is 6. The van der Waals surface area contributed by atoms with Gasteiger partial charge < -0.3 is 0 Å². The van der Waals surface area contributed by atoms with Crippen LogP contribution < -0.4 is 31.3 Å². The van der Waals surface area contributed by atoms with E-state index >= 15 is 70.2 Å². The molecule has 0 unspecified atom stereocenters. The van der Waals surface area contributed by atoms with E-state index in [4.69, 9.17) is 69.7 Å². The number of benzene rings is 7. The van der Waals surface area contributed by atoms with Crippen LogP contribution in [0.4, 0.5) is 114 Å². The first kappa shape index (κ1) is 99.9. The van der Waals surface area contributed by atoms with Crippen LogP contribution in [-0.2, 0) is 38.5 Å². The lowest BCUT2D eigenvalue weighted by Crippen LogP contribution is -2.27. The SMILES string of the molecule is [C-]#[N+]C([N+]#[C-])=C1Cc2c(-c3c(F)c(F)c(C#N)c(F)c3F)c3c(c(-c4c(F)c(F)c(C#N)c(F)c4F)c2=C1[N+]#[C-])CC(=C(C#N)C#N)C=3C#N.[C-]#[N+]C([N+]#[C-])=C1Cc2c(-c3c(F)c(F)c(F)c(F)c3F)c3c(c(-c4c(F)c(F)c(F)c(F)c4F)c2=C1[N+]#[C-])CC(=C(C#N)C#N)C=3C#N.[C-]#[N+]C([N+]#[C-])=C1Cc2c(-c3c(F)c(F)nc(F)c3F)c3c(c(-c4c(F)c(F)nc(F)c4F)c2=C1[N+]#[C-])CC(=C(C#N)C#N)C=3C#N. The van der Waals surface area contributed by atoms with Gasteiger partial charge in [0.05, 0.1) is 86.5 Å². The maximum Gasteiger partial charge on any atom is 0.512 e. The molecule has 15 rings (SSSR count). The van der Waals surface area contributed by atoms with Gasteiger partial charge >= 0.3 is 17.5 Å². The summed E-state index contributed by atoms with van der Waals surface area (Å²) in [4.78, 5) is 32.3. The number of aromatic nitrogens is 2. The van der Waals surface area contributed by atoms with Crippen molar-refractivity contribution in [3.63, 3.8) is 0 Å². The maximum atomic E-state index is 15.9. The summed E-state index contributed by atoms with van der Waals surface area (Å²) >= 11 is 0. The fraction of sp³-hybridized carbons (Fsp3) is 0.0625. The van der Waals surface area contributed by atoms with E-state index in [-0.39, 0.29) is 0 Å². The number of rotatable bonds is 6. The summed E-state index contributed by atoms with van der Waals surface area (Å²) in [5, 5.41) is 101. The van der Waals surface area contributed by atoms with Gasteiger partial charge in [0.15, 0.2) is 133 Å². The molecule has 144 heavy (non-hydrogen) atoms. The molecule has 0 atom stereocenters. The highest BCUT2D eigenvalue weighted by Crippen LogP contribution is 2.50. The number of hydrogen-bond donors (Lipinski definition) is 0. The van der Waals surface area contributed by atoms with E-state index < -0.39 is 434 Å². The minimum absolute atomic E-state index is 0.503. The molecule has 7 aromatic carbocycles. The van der Waals surface area contributed by atoms with Crippen molar-refractivity contribution in [2.75, 3.05) is 0 Å². The van der Waals surface area contributed by atoms with E-state index in [0.717, 1.165) is 12.1 Å². The van der Waals surface area contributed by atoms with Crippen molar-refractivity contribution in [1.82, 2.24) is 9.97 Å². The quantitative estimate of drug-likeness (QED) is 0.0374. The predicted molar refractivity (Wildman–Crippen MR) is 428 cm³/mol. The highest BCUT2D eigenvalue weighted by atomic mass is 19.2. The number of pyridine rings is 2. The van der Waals surface area contributed by atoms with Gasteiger partial charge in [-0.1, -0.05) is 0 Å². The second-order valence-corrected chi connectivity index (χ2v) is 29.1. The van der Waals surface area contributed by atoms with Crippen LogP contribution >= 0.6 is 0 Å². The summed E-state index contributed by atoms with van der Waals surface area (Å²) in [6, 6.07) is 15.2. The standard InChI is InChI=1S/C34H4F8N8.C32H4F10N6.C30H4F8N8/c1-48-33-15(34(49-2)50-3)5-14-20(23-29(39)25(35)17(9-46)26(36)30(23)40)19-13(4-12(16(19)8-45)11(6-43)7-44)21(22(14)33)24-31(41)27(37)18(10-47)28(38)32(24)42;1-46-31-13(32(47-2)48-3)5-12-16(19-21(33)25(37)29(41)26(38)22(19)34)15-11(4-10(14(15)8-45)9(6-43)7-44)17(18(12)31)20-23(35)27(39)30(42)28(40)24(20)36;1-42-25-13(30(43-2)44-3)5-12-16(19-21(31)26(35)45-27(36)22(19)32)15-11(4-10(14(15)8-41)9(6-39)7-40)17(18(12)25)20-23(33)28(37)46-29(38)24(20)34/h4-5H2;4-5H2;4-5H2. The molecule has 22 nitrogen and oxygen atoms in total. The first-order valence-corrected chi connectivity index (χ1v) is 37.8. The average molecular weight is 1970 g/mol. The maximum absolute atomic E-state index is 15.9. The Kier molecular flexibility index (Phi) is 26.1. The molecule has 6 aliphatic carbocycles. The van der Waals surface area contributed by atoms with Gasteiger partial charge in [-0.15, -0.1) is 0 Å². The molecule has 688 valence electrons. The molecule has 0 radical (unpaired) electrons. The molecule has 0 fully saturated rings. The van der Waals surface area contributed by atoms with Crippen LogP contribution in [0.3, 0.4) is 0 Å². The van der Waals surface area contributed by atoms with E-state index in [1.165, 1.54) is 42.5 Å². The lowest BCUT2D eigenvalue weighted by molar-refractivity contribution is 0.381. The van der Waals surface area contributed by atoms with E-state index in [9.17, 15) is 91.3 Å². The number of allylic oxidation sites excluding steroid dienone is 6. The third-order valence-corrected chi connectivity index (χ3v) is 22.8. The zero-order valence-corrected chi connectivity index (χ0v) is 68.9. The van der Waals surface area contributed by atoms with E-state index in [1.54, 1.807) is 12.1 Å². The number of halogens is 26. The number of hydrogen-bond acceptors (Lipinski definition) is 13. The molecular weight excluding hydrogens is 1960 g/mol. The number of nitrogens with zero attached hydrogens (tertiary/aromatic N) is 22. The van der Waals surface area contributed by atoms with Crippen molar-refractivity contribution in [3.05, 3.63) is 398 Å². The van der Waals surface area contributed by atoms with Crippen molar-refractivity contribution >= 4 is 33.8 Å². The van der Waals surface area contributed by atoms with Gasteiger partial charge in [-0.2, -0.15) is 114 Å². The second kappa shape index (κ2) is 37.6. The molecule has 0 bridgehead atoms. The summed E-state index contributed by atoms with van der Waals surface area (Å²) < 4.78 is 393. The molecule has 2 aromatic heterocycles. The van der Waals surface area contributed by atoms with Crippen LogP contribution in [0.1, 0.15) is 44.5 Å². The molecule has 6 aliphatic rings. The first-order chi connectivity index (χ1) is 68.5. The highest BCUT2D eigenvalue weighted by Gasteiger charge is 2.47. The zero-order valence-electron chi connectivity index (χ0n) is 68.9. The van der Waals surface area contributed by atoms with Gasteiger partial charge in [-0.25, -0.2) is 111 Å². The second-order valence-electron chi connectivity index (χ2n) is 29.1. The Labute approximate surface area is 782 Å². The molecule has 0 saturated carbocycles. The van der Waals surface area contributed by atoms with Gasteiger partial charge in [0.25, 0.3) is 23.8 Å². The first-order valence-electron chi connectivity index (χ1n) is 37.8. The third-order valence-electron chi connectivity index (χ3n) is 22.8. The summed E-state index contributed by atoms with van der Waals surface area (Å²) in [6.07, 6.45) is -5.67. The largest absolute Gasteiger partial charge is 0.512 e. The van der Waals surface area contributed by atoms with Crippen molar-refractivity contribution < 1.29 is 114 Å². The predicted octanol–water partition coefficient (Wildman–Crippen LogP) is 17.8. The molecular formula is C96H12F26N22. The van der Waals surface area contributed by atoms with E-state index in [0.29, 0.717) is 0 Å². The normalized spacial score (nSPS) is 12.6. The van der Waals surface area contributed by atoms with Crippen LogP contribution in [0, 0.1) is 336 Å². The fourth-order valence-electron chi connectivity index (χ4n) is 17.2. The van der Waals surface area contributed by atoms with Crippen LogP contribution in [0.25, 0.3) is 144 Å². The lowest BCUT2D eigenvalue weighted by Gasteiger charge is -2.19. The fourth-order valence-corrected chi connectivity index (χ4v) is 17.2. The van der Waals surface area contributed by atoms with Gasteiger partial charge in [-0.05, 0) is 102 Å². The summed E-state index contributed by atoms with van der Waals surface area (Å²) in [5.41, 5.74) is -35.0. The molecule has 0 aliphatic heterocycles. The van der Waals surface area contributed by atoms with Crippen molar-refractivity contribution in [1.29, 1.82) is 57.9 Å². The van der Waals surface area contributed by atoms with Crippen molar-refractivity contribution in [2.45, 2.75) is 38.5 Å². The van der Waals surface area contributed by atoms with Crippen LogP contribution in [0.15, 0.2) is 67.6 Å². The van der Waals surface area contributed by atoms with Gasteiger partial charge in [0, 0.05) is 51.6 Å². The van der Waals surface area contributed by atoms with Crippen molar-refractivity contribution in [2.24, 2.45) is 0 Å². The monoisotopic (exact) mass is 1970 g/mol. The van der Waals surface area contributed by atoms with Gasteiger partial charge in [0.1, 0.15) is 134 Å². The highest BCUT2D eigenvalue weighted by molar-refractivity contribution is 6.01. The smallest absolute Gasteiger partial charge is 0.238 e. The minimum atomic E-state index is -2.63. The molecule has 48 heteroatoms. The Hall–Kier alpha value is -21.5. The lowest BCUT2D eigenvalue weighted by atomic mass is 9.85. The average Bonchev–Trinajstić information content (AvgIpc) is 1.54. The van der Waals surface area contributed by atoms with Crippen molar-refractivity contribution in [3.8, 4) is 134 Å². The Morgan fingerprint density at radius 3 is 0.542 bits per heavy atom. The topological polar surface area (TPSA) is 327 Å². The number of nitriles is 11. The Morgan fingerprint density at radius 1 is 0.201 bits per heavy atom. The summed E-state index contributed by atoms with van der Waals surface area (Å²) in [7, 11) is 0. The molecule has 9 aromatic rings. The van der Waals surface area contributed by atoms with Gasteiger partial charge in [0.2, 0.25) is 11.6 Å². The van der Waals surface area contributed by atoms with Crippen LogP contribution in [0.2, 0.25) is 0 Å². The molecule has 0 saturated heterocycles. The summed E-state index contributed by atoms with van der Waals surface area (Å²) in [5.74, 6) is -63.3. The third kappa shape index (κ3) is 14.3. The molecule has 2 heterocycles. The Balaban J connectivity index is 0.000000181. The van der Waals surface area contributed by atoms with Crippen LogP contribution in [-0.4, -0.2) is 9.97 Å². The summed E-state index contributed by atoms with van der Waals surface area (Å²) in [6.45, 7) is 67.6. The minimum Gasteiger partial charge on any atom is -0.238 e. The molecule has 0 spiro atoms. The van der Waals surface area contributed by atoms with Crippen LogP contribution in [0.5, 0.6) is 0 Å². The van der Waals surface area contributed by atoms with Gasteiger partial charge in [-0.3, -0.25) is 0 Å². The Morgan fingerprint density at radius 2 is 0.368 bits per heavy atom. The molecule has 0 N–H and O–H groups in total.